The molecule has 0 N–H and O–H groups in total. The van der Waals surface area contributed by atoms with Gasteiger partial charge in [-0.1, -0.05) is 6.58 Å². The Labute approximate surface area is 83.0 Å². The van der Waals surface area contributed by atoms with Gasteiger partial charge in [-0.15, -0.1) is 0 Å². The summed E-state index contributed by atoms with van der Waals surface area (Å²) in [5.41, 5.74) is -1.45. The molecule has 0 bridgehead atoms. The van der Waals surface area contributed by atoms with E-state index >= 15 is 0 Å². The van der Waals surface area contributed by atoms with Crippen molar-refractivity contribution in [2.24, 2.45) is 0 Å². The molecule has 0 spiro atoms. The van der Waals surface area contributed by atoms with E-state index in [4.69, 9.17) is 0 Å². The molecule has 80 valence electrons. The molecule has 0 amide bonds. The highest BCUT2D eigenvalue weighted by molar-refractivity contribution is 5.68. The molecule has 0 atom stereocenters. The molecule has 0 aromatic heterocycles. The molecule has 0 radical (unpaired) electrons. The first-order valence-electron chi connectivity index (χ1n) is 3.83. The quantitative estimate of drug-likeness (QED) is 0.564. The van der Waals surface area contributed by atoms with Crippen LogP contribution in [0.1, 0.15) is 5.56 Å². The van der Waals surface area contributed by atoms with Crippen LogP contribution >= 0.6 is 0 Å². The van der Waals surface area contributed by atoms with Gasteiger partial charge < -0.3 is 0 Å². The van der Waals surface area contributed by atoms with E-state index in [0.29, 0.717) is 0 Å². The fourth-order valence-corrected chi connectivity index (χ4v) is 0.948. The van der Waals surface area contributed by atoms with Crippen molar-refractivity contribution < 1.29 is 18.1 Å². The van der Waals surface area contributed by atoms with Gasteiger partial charge >= 0.3 is 6.18 Å². The number of nitro groups is 1. The van der Waals surface area contributed by atoms with Gasteiger partial charge in [-0.3, -0.25) is 10.1 Å². The van der Waals surface area contributed by atoms with Gasteiger partial charge in [0.05, 0.1) is 10.5 Å². The van der Waals surface area contributed by atoms with Crippen LogP contribution in [-0.2, 0) is 0 Å². The molecule has 0 aliphatic carbocycles. The van der Waals surface area contributed by atoms with Crippen LogP contribution < -0.4 is 0 Å². The summed E-state index contributed by atoms with van der Waals surface area (Å²) in [4.78, 5) is 9.56. The number of rotatable bonds is 2. The van der Waals surface area contributed by atoms with E-state index in [2.05, 4.69) is 6.58 Å². The molecule has 1 aromatic carbocycles. The van der Waals surface area contributed by atoms with Crippen molar-refractivity contribution in [1.82, 2.24) is 0 Å². The zero-order valence-electron chi connectivity index (χ0n) is 7.41. The molecule has 0 aliphatic rings. The first-order valence-corrected chi connectivity index (χ1v) is 3.83. The lowest BCUT2D eigenvalue weighted by Crippen LogP contribution is -2.09. The topological polar surface area (TPSA) is 43.1 Å². The maximum Gasteiger partial charge on any atom is 0.416 e. The van der Waals surface area contributed by atoms with E-state index in [-0.39, 0.29) is 11.3 Å². The number of allylic oxidation sites excluding steroid dienone is 1. The molecule has 1 rings (SSSR count). The van der Waals surface area contributed by atoms with Crippen molar-refractivity contribution in [2.45, 2.75) is 6.18 Å². The van der Waals surface area contributed by atoms with E-state index in [1.54, 1.807) is 0 Å². The van der Waals surface area contributed by atoms with Crippen LogP contribution in [0.5, 0.6) is 0 Å². The molecule has 0 aliphatic heterocycles. The van der Waals surface area contributed by atoms with Gasteiger partial charge in [-0.05, 0) is 17.7 Å². The van der Waals surface area contributed by atoms with Gasteiger partial charge in [0.1, 0.15) is 0 Å². The lowest BCUT2D eigenvalue weighted by atomic mass is 10.1. The third-order valence-electron chi connectivity index (χ3n) is 1.77. The lowest BCUT2D eigenvalue weighted by molar-refractivity contribution is -0.384. The van der Waals surface area contributed by atoms with Crippen LogP contribution in [0, 0.1) is 10.1 Å². The molecule has 3 nitrogen and oxygen atoms in total. The van der Waals surface area contributed by atoms with Gasteiger partial charge in [-0.2, -0.15) is 13.2 Å². The maximum atomic E-state index is 12.2. The zero-order chi connectivity index (χ0) is 11.6. The largest absolute Gasteiger partial charge is 0.416 e. The molecule has 0 heterocycles. The van der Waals surface area contributed by atoms with Crippen LogP contribution in [-0.4, -0.2) is 11.1 Å². The molecule has 0 unspecified atom stereocenters. The van der Waals surface area contributed by atoms with Gasteiger partial charge in [0.2, 0.25) is 0 Å². The lowest BCUT2D eigenvalue weighted by Gasteiger charge is -2.09. The SMILES string of the molecule is C=C(c1ccc([N+](=O)[O-])cc1)C(F)(F)F. The first-order chi connectivity index (χ1) is 6.82. The number of nitro benzene ring substituents is 1. The van der Waals surface area contributed by atoms with Gasteiger partial charge in [-0.25, -0.2) is 0 Å². The van der Waals surface area contributed by atoms with E-state index in [1.807, 2.05) is 0 Å². The van der Waals surface area contributed by atoms with E-state index in [1.165, 1.54) is 0 Å². The second kappa shape index (κ2) is 3.72. The maximum absolute atomic E-state index is 12.2. The summed E-state index contributed by atoms with van der Waals surface area (Å²) < 4.78 is 36.5. The molecule has 15 heavy (non-hydrogen) atoms. The summed E-state index contributed by atoms with van der Waals surface area (Å²) in [7, 11) is 0. The number of benzene rings is 1. The number of alkyl halides is 3. The fraction of sp³-hybridized carbons (Fsp3) is 0.111. The molecule has 0 fully saturated rings. The Bertz CT molecular complexity index is 395. The Kier molecular flexibility index (Phi) is 2.78. The number of hydrogen-bond donors (Lipinski definition) is 0. The molecule has 6 heteroatoms. The number of halogens is 3. The Morgan fingerprint density at radius 1 is 1.27 bits per heavy atom. The Balaban J connectivity index is 3.00. The highest BCUT2D eigenvalue weighted by atomic mass is 19.4. The first kappa shape index (κ1) is 11.2. The fourth-order valence-electron chi connectivity index (χ4n) is 0.948. The van der Waals surface area contributed by atoms with E-state index in [0.717, 1.165) is 24.3 Å². The van der Waals surface area contributed by atoms with E-state index in [9.17, 15) is 23.3 Å². The van der Waals surface area contributed by atoms with Crippen molar-refractivity contribution in [3.8, 4) is 0 Å². The summed E-state index contributed by atoms with van der Waals surface area (Å²) in [6.45, 7) is 2.88. The molecule has 0 saturated carbocycles. The molecular formula is C9H6F3NO2. The smallest absolute Gasteiger partial charge is 0.258 e. The van der Waals surface area contributed by atoms with Crippen LogP contribution in [0.2, 0.25) is 0 Å². The third kappa shape index (κ3) is 2.55. The van der Waals surface area contributed by atoms with Crippen LogP contribution in [0.3, 0.4) is 0 Å². The average molecular weight is 217 g/mol. The summed E-state index contributed by atoms with van der Waals surface area (Å²) in [6.07, 6.45) is -4.52. The van der Waals surface area contributed by atoms with E-state index < -0.39 is 16.7 Å². The highest BCUT2D eigenvalue weighted by Gasteiger charge is 2.32. The van der Waals surface area contributed by atoms with Gasteiger partial charge in [0.15, 0.2) is 0 Å². The predicted octanol–water partition coefficient (Wildman–Crippen LogP) is 3.17. The molecular weight excluding hydrogens is 211 g/mol. The Hall–Kier alpha value is -1.85. The van der Waals surface area contributed by atoms with Crippen molar-refractivity contribution in [1.29, 1.82) is 0 Å². The minimum absolute atomic E-state index is 0.173. The predicted molar refractivity (Wildman–Crippen MR) is 48.2 cm³/mol. The second-order valence-corrected chi connectivity index (χ2v) is 2.78. The van der Waals surface area contributed by atoms with Crippen LogP contribution in [0.15, 0.2) is 30.8 Å². The number of non-ortho nitro benzene ring substituents is 1. The average Bonchev–Trinajstić information content (AvgIpc) is 2.15. The van der Waals surface area contributed by atoms with Crippen molar-refractivity contribution in [3.05, 3.63) is 46.5 Å². The molecule has 1 aromatic rings. The summed E-state index contributed by atoms with van der Waals surface area (Å²) >= 11 is 0. The zero-order valence-corrected chi connectivity index (χ0v) is 7.41. The standard InChI is InChI=1S/C9H6F3NO2/c1-6(9(10,11)12)7-2-4-8(5-3-7)13(14)15/h2-5H,1H2. The Morgan fingerprint density at radius 2 is 1.73 bits per heavy atom. The molecule has 0 saturated heterocycles. The Morgan fingerprint density at radius 3 is 2.07 bits per heavy atom. The minimum Gasteiger partial charge on any atom is -0.258 e. The minimum atomic E-state index is -4.52. The third-order valence-corrected chi connectivity index (χ3v) is 1.77. The van der Waals surface area contributed by atoms with Crippen LogP contribution in [0.4, 0.5) is 18.9 Å². The second-order valence-electron chi connectivity index (χ2n) is 2.78. The number of nitrogens with zero attached hydrogens (tertiary/aromatic N) is 1. The monoisotopic (exact) mass is 217 g/mol. The van der Waals surface area contributed by atoms with Gasteiger partial charge in [0, 0.05) is 12.1 Å². The van der Waals surface area contributed by atoms with Crippen molar-refractivity contribution >= 4 is 11.3 Å². The van der Waals surface area contributed by atoms with Crippen LogP contribution in [0.25, 0.3) is 5.57 Å². The summed E-state index contributed by atoms with van der Waals surface area (Å²) in [5.74, 6) is 0. The normalized spacial score (nSPS) is 11.1. The van der Waals surface area contributed by atoms with Crippen molar-refractivity contribution in [3.63, 3.8) is 0 Å². The summed E-state index contributed by atoms with van der Waals surface area (Å²) in [6, 6.07) is 4.06. The summed E-state index contributed by atoms with van der Waals surface area (Å²) in [5, 5.41) is 10.2. The van der Waals surface area contributed by atoms with Crippen molar-refractivity contribution in [2.75, 3.05) is 0 Å². The number of hydrogen-bond acceptors (Lipinski definition) is 2. The van der Waals surface area contributed by atoms with Gasteiger partial charge in [0.25, 0.3) is 5.69 Å². The highest BCUT2D eigenvalue weighted by Crippen LogP contribution is 2.32.